The first-order valence-electron chi connectivity index (χ1n) is 6.62. The van der Waals surface area contributed by atoms with Crippen LogP contribution in [0.5, 0.6) is 0 Å². The quantitative estimate of drug-likeness (QED) is 0.707. The summed E-state index contributed by atoms with van der Waals surface area (Å²) in [6.45, 7) is 3.85. The molecule has 6 heteroatoms. The number of rotatable bonds is 3. The third-order valence-electron chi connectivity index (χ3n) is 3.16. The average molecular weight is 378 g/mol. The van der Waals surface area contributed by atoms with E-state index in [1.165, 1.54) is 0 Å². The van der Waals surface area contributed by atoms with Gasteiger partial charge in [-0.05, 0) is 77.4 Å². The summed E-state index contributed by atoms with van der Waals surface area (Å²) in [6.07, 6.45) is 0. The lowest BCUT2D eigenvalue weighted by molar-refractivity contribution is 0.102. The van der Waals surface area contributed by atoms with E-state index in [0.29, 0.717) is 5.56 Å². The molecule has 1 amide bonds. The molecule has 0 saturated heterocycles. The molecule has 22 heavy (non-hydrogen) atoms. The summed E-state index contributed by atoms with van der Waals surface area (Å²) in [5.74, 6) is -0.159. The lowest BCUT2D eigenvalue weighted by atomic mass is 10.1. The highest BCUT2D eigenvalue weighted by Gasteiger charge is 2.13. The monoisotopic (exact) mass is 377 g/mol. The minimum Gasteiger partial charge on any atom is -0.376 e. The Hall–Kier alpha value is -1.92. The van der Waals surface area contributed by atoms with Gasteiger partial charge in [-0.2, -0.15) is 0 Å². The highest BCUT2D eigenvalue weighted by molar-refractivity contribution is 9.10. The van der Waals surface area contributed by atoms with Gasteiger partial charge >= 0.3 is 0 Å². The number of thiocarbonyl (C=S) groups is 1. The van der Waals surface area contributed by atoms with Crippen LogP contribution in [0.15, 0.2) is 40.9 Å². The lowest BCUT2D eigenvalue weighted by Crippen LogP contribution is -2.19. The van der Waals surface area contributed by atoms with E-state index >= 15 is 0 Å². The van der Waals surface area contributed by atoms with Crippen LogP contribution < -0.4 is 16.4 Å². The van der Waals surface area contributed by atoms with Gasteiger partial charge in [-0.25, -0.2) is 0 Å². The van der Waals surface area contributed by atoms with Gasteiger partial charge in [0.05, 0.1) is 5.56 Å². The van der Waals surface area contributed by atoms with Crippen LogP contribution in [0.2, 0.25) is 0 Å². The minimum absolute atomic E-state index is 0.159. The first-order valence-corrected chi connectivity index (χ1v) is 7.82. The Bertz CT molecular complexity index is 723. The van der Waals surface area contributed by atoms with Gasteiger partial charge in [0.1, 0.15) is 0 Å². The zero-order chi connectivity index (χ0) is 16.3. The Morgan fingerprint density at radius 2 is 1.73 bits per heavy atom. The van der Waals surface area contributed by atoms with Crippen LogP contribution >= 0.6 is 28.1 Å². The van der Waals surface area contributed by atoms with Crippen LogP contribution in [0, 0.1) is 13.8 Å². The van der Waals surface area contributed by atoms with Crippen molar-refractivity contribution in [3.05, 3.63) is 57.6 Å². The van der Waals surface area contributed by atoms with E-state index in [0.717, 1.165) is 27.0 Å². The van der Waals surface area contributed by atoms with Crippen molar-refractivity contribution in [3.8, 4) is 0 Å². The third kappa shape index (κ3) is 3.84. The standard InChI is InChI=1S/C16H16BrN3OS/c1-9-7-11(19-16(18)22)8-10(2)14(9)20-15(21)12-5-3-4-6-13(12)17/h3-8H,1-2H3,(H,20,21)(H3,18,19,22). The number of hydrogen-bond acceptors (Lipinski definition) is 2. The van der Waals surface area contributed by atoms with Gasteiger partial charge in [0.25, 0.3) is 5.91 Å². The van der Waals surface area contributed by atoms with E-state index < -0.39 is 0 Å². The maximum absolute atomic E-state index is 12.4. The van der Waals surface area contributed by atoms with E-state index in [4.69, 9.17) is 18.0 Å². The Kier molecular flexibility index (Phi) is 5.15. The Morgan fingerprint density at radius 3 is 2.27 bits per heavy atom. The summed E-state index contributed by atoms with van der Waals surface area (Å²) in [6, 6.07) is 11.1. The number of anilines is 2. The van der Waals surface area contributed by atoms with Gasteiger partial charge in [-0.15, -0.1) is 0 Å². The van der Waals surface area contributed by atoms with Crippen molar-refractivity contribution in [1.82, 2.24) is 0 Å². The topological polar surface area (TPSA) is 67.2 Å². The van der Waals surface area contributed by atoms with Crippen LogP contribution in [0.4, 0.5) is 11.4 Å². The second-order valence-electron chi connectivity index (χ2n) is 4.91. The number of carbonyl (C=O) groups excluding carboxylic acids is 1. The van der Waals surface area contributed by atoms with Crippen molar-refractivity contribution >= 4 is 50.5 Å². The van der Waals surface area contributed by atoms with Crippen LogP contribution in [0.1, 0.15) is 21.5 Å². The largest absolute Gasteiger partial charge is 0.376 e. The maximum Gasteiger partial charge on any atom is 0.256 e. The van der Waals surface area contributed by atoms with Crippen molar-refractivity contribution in [2.45, 2.75) is 13.8 Å². The zero-order valence-corrected chi connectivity index (χ0v) is 14.6. The van der Waals surface area contributed by atoms with E-state index in [2.05, 4.69) is 26.6 Å². The highest BCUT2D eigenvalue weighted by atomic mass is 79.9. The molecule has 0 aromatic heterocycles. The predicted molar refractivity (Wildman–Crippen MR) is 98.4 cm³/mol. The molecule has 0 bridgehead atoms. The fourth-order valence-corrected chi connectivity index (χ4v) is 2.78. The fraction of sp³-hybridized carbons (Fsp3) is 0.125. The van der Waals surface area contributed by atoms with E-state index in [1.807, 2.05) is 44.2 Å². The molecule has 0 spiro atoms. The molecular weight excluding hydrogens is 362 g/mol. The molecule has 0 aliphatic carbocycles. The van der Waals surface area contributed by atoms with Crippen LogP contribution in [-0.2, 0) is 0 Å². The normalized spacial score (nSPS) is 10.1. The lowest BCUT2D eigenvalue weighted by Gasteiger charge is -2.15. The second kappa shape index (κ2) is 6.89. The van der Waals surface area contributed by atoms with Gasteiger partial charge in [-0.1, -0.05) is 12.1 Å². The number of amides is 1. The number of halogens is 1. The number of carbonyl (C=O) groups is 1. The summed E-state index contributed by atoms with van der Waals surface area (Å²) in [4.78, 5) is 12.4. The number of nitrogens with one attached hydrogen (secondary N) is 2. The fourth-order valence-electron chi connectivity index (χ4n) is 2.20. The molecule has 4 nitrogen and oxygen atoms in total. The molecular formula is C16H16BrN3OS. The van der Waals surface area contributed by atoms with Crippen molar-refractivity contribution in [2.75, 3.05) is 10.6 Å². The molecule has 2 aromatic carbocycles. The average Bonchev–Trinajstić information content (AvgIpc) is 2.42. The van der Waals surface area contributed by atoms with Crippen molar-refractivity contribution < 1.29 is 4.79 Å². The van der Waals surface area contributed by atoms with Crippen LogP contribution in [0.25, 0.3) is 0 Å². The molecule has 0 heterocycles. The first-order chi connectivity index (χ1) is 10.4. The van der Waals surface area contributed by atoms with Gasteiger partial charge in [-0.3, -0.25) is 4.79 Å². The van der Waals surface area contributed by atoms with Crippen LogP contribution in [0.3, 0.4) is 0 Å². The molecule has 2 aromatic rings. The first kappa shape index (κ1) is 16.5. The Labute approximate surface area is 143 Å². The van der Waals surface area contributed by atoms with Gasteiger partial charge < -0.3 is 16.4 Å². The van der Waals surface area contributed by atoms with E-state index in [9.17, 15) is 4.79 Å². The summed E-state index contributed by atoms with van der Waals surface area (Å²) in [5, 5.41) is 6.06. The molecule has 0 unspecified atom stereocenters. The van der Waals surface area contributed by atoms with E-state index in [1.54, 1.807) is 6.07 Å². The third-order valence-corrected chi connectivity index (χ3v) is 3.95. The SMILES string of the molecule is Cc1cc(NC(N)=S)cc(C)c1NC(=O)c1ccccc1Br. The van der Waals surface area contributed by atoms with Crippen molar-refractivity contribution in [2.24, 2.45) is 5.73 Å². The number of nitrogens with two attached hydrogens (primary N) is 1. The smallest absolute Gasteiger partial charge is 0.256 e. The summed E-state index contributed by atoms with van der Waals surface area (Å²) < 4.78 is 0.759. The molecule has 0 fully saturated rings. The Balaban J connectivity index is 2.28. The van der Waals surface area contributed by atoms with Crippen LogP contribution in [-0.4, -0.2) is 11.0 Å². The molecule has 2 rings (SSSR count). The van der Waals surface area contributed by atoms with E-state index in [-0.39, 0.29) is 11.0 Å². The number of hydrogen-bond donors (Lipinski definition) is 3. The summed E-state index contributed by atoms with van der Waals surface area (Å²) in [7, 11) is 0. The molecule has 4 N–H and O–H groups in total. The molecule has 0 aliphatic rings. The predicted octanol–water partition coefficient (Wildman–Crippen LogP) is 3.97. The molecule has 0 aliphatic heterocycles. The molecule has 0 atom stereocenters. The number of aryl methyl sites for hydroxylation is 2. The van der Waals surface area contributed by atoms with Gasteiger partial charge in [0, 0.05) is 15.8 Å². The van der Waals surface area contributed by atoms with Gasteiger partial charge in [0.15, 0.2) is 5.11 Å². The molecule has 114 valence electrons. The second-order valence-corrected chi connectivity index (χ2v) is 6.20. The van der Waals surface area contributed by atoms with Crippen molar-refractivity contribution in [1.29, 1.82) is 0 Å². The molecule has 0 radical (unpaired) electrons. The zero-order valence-electron chi connectivity index (χ0n) is 12.2. The summed E-state index contributed by atoms with van der Waals surface area (Å²) >= 11 is 8.22. The van der Waals surface area contributed by atoms with Crippen molar-refractivity contribution in [3.63, 3.8) is 0 Å². The van der Waals surface area contributed by atoms with Gasteiger partial charge in [0.2, 0.25) is 0 Å². The highest BCUT2D eigenvalue weighted by Crippen LogP contribution is 2.26. The number of benzene rings is 2. The minimum atomic E-state index is -0.159. The molecule has 0 saturated carbocycles. The maximum atomic E-state index is 12.4. The Morgan fingerprint density at radius 1 is 1.14 bits per heavy atom. The summed E-state index contributed by atoms with van der Waals surface area (Å²) in [5.41, 5.74) is 9.52.